The summed E-state index contributed by atoms with van der Waals surface area (Å²) < 4.78 is 0. The molecule has 0 rings (SSSR count). The molecule has 0 saturated heterocycles. The second kappa shape index (κ2) is 23.0. The van der Waals surface area contributed by atoms with Crippen LogP contribution in [0.3, 0.4) is 0 Å². The van der Waals surface area contributed by atoms with Gasteiger partial charge in [-0.2, -0.15) is 0 Å². The quantitative estimate of drug-likeness (QED) is 0.578. The number of unbranched alkanes of at least 4 members (excludes halogenated alkanes) is 1. The van der Waals surface area contributed by atoms with Gasteiger partial charge >= 0.3 is 0 Å². The molecule has 0 aromatic carbocycles. The van der Waals surface area contributed by atoms with Crippen molar-refractivity contribution in [3.05, 3.63) is 25.3 Å². The Labute approximate surface area is 77.3 Å². The molecule has 0 aliphatic heterocycles. The van der Waals surface area contributed by atoms with Crippen molar-refractivity contribution in [1.82, 2.24) is 0 Å². The van der Waals surface area contributed by atoms with E-state index in [1.807, 2.05) is 12.2 Å². The molecule has 1 heteroatoms. The molecule has 10 heavy (non-hydrogen) atoms. The van der Waals surface area contributed by atoms with E-state index >= 15 is 0 Å². The van der Waals surface area contributed by atoms with Crippen LogP contribution in [0.5, 0.6) is 0 Å². The largest absolute Gasteiger partial charge is 0.103 e. The molecule has 0 fully saturated rings. The van der Waals surface area contributed by atoms with Crippen LogP contribution in [-0.2, 0) is 18.6 Å². The second-order valence-corrected chi connectivity index (χ2v) is 1.77. The number of hydrogen-bond acceptors (Lipinski definition) is 0. The molecule has 1 radical (unpaired) electrons. The zero-order valence-electron chi connectivity index (χ0n) is 7.14. The van der Waals surface area contributed by atoms with Crippen molar-refractivity contribution in [3.63, 3.8) is 0 Å². The minimum Gasteiger partial charge on any atom is -0.103 e. The zero-order chi connectivity index (χ0) is 7.54. The van der Waals surface area contributed by atoms with Gasteiger partial charge in [-0.1, -0.05) is 32.4 Å². The van der Waals surface area contributed by atoms with Crippen LogP contribution in [0.25, 0.3) is 0 Å². The van der Waals surface area contributed by atoms with E-state index < -0.39 is 0 Å². The zero-order valence-corrected chi connectivity index (χ0v) is 8.53. The van der Waals surface area contributed by atoms with Crippen molar-refractivity contribution >= 4 is 0 Å². The molecule has 59 valence electrons. The SMILES string of the molecule is C=CCC.C=CCCC.[V]. The van der Waals surface area contributed by atoms with Crippen LogP contribution < -0.4 is 0 Å². The average Bonchev–Trinajstić information content (AvgIpc) is 1.91. The molecule has 0 nitrogen and oxygen atoms in total. The molecular formula is C9H18V. The van der Waals surface area contributed by atoms with Gasteiger partial charge in [0.1, 0.15) is 0 Å². The first-order valence-electron chi connectivity index (χ1n) is 3.55. The Kier molecular flexibility index (Phi) is 38.1. The predicted octanol–water partition coefficient (Wildman–Crippen LogP) is 3.55. The van der Waals surface area contributed by atoms with Crippen LogP contribution in [-0.4, -0.2) is 0 Å². The third kappa shape index (κ3) is 42.9. The Morgan fingerprint density at radius 2 is 1.50 bits per heavy atom. The van der Waals surface area contributed by atoms with Crippen LogP contribution in [0.15, 0.2) is 25.3 Å². The van der Waals surface area contributed by atoms with Crippen LogP contribution in [0.1, 0.15) is 33.1 Å². The Morgan fingerprint density at radius 3 is 1.50 bits per heavy atom. The van der Waals surface area contributed by atoms with Crippen molar-refractivity contribution in [1.29, 1.82) is 0 Å². The van der Waals surface area contributed by atoms with Crippen molar-refractivity contribution < 1.29 is 18.6 Å². The Balaban J connectivity index is -0.0000000910. The molecule has 0 heterocycles. The minimum absolute atomic E-state index is 0. The van der Waals surface area contributed by atoms with Crippen LogP contribution in [0.4, 0.5) is 0 Å². The third-order valence-electron chi connectivity index (χ3n) is 0.781. The van der Waals surface area contributed by atoms with E-state index in [9.17, 15) is 0 Å². The van der Waals surface area contributed by atoms with E-state index in [1.165, 1.54) is 6.42 Å². The molecule has 0 atom stereocenters. The average molecular weight is 177 g/mol. The van der Waals surface area contributed by atoms with Gasteiger partial charge in [-0.05, 0) is 12.8 Å². The monoisotopic (exact) mass is 177 g/mol. The smallest absolute Gasteiger partial charge is 0 e. The summed E-state index contributed by atoms with van der Waals surface area (Å²) in [7, 11) is 0. The van der Waals surface area contributed by atoms with Crippen LogP contribution in [0.2, 0.25) is 0 Å². The van der Waals surface area contributed by atoms with Crippen molar-refractivity contribution in [2.45, 2.75) is 33.1 Å². The Hall–Kier alpha value is 0.0644. The summed E-state index contributed by atoms with van der Waals surface area (Å²) in [5.74, 6) is 0. The maximum absolute atomic E-state index is 3.55. The first-order chi connectivity index (χ1) is 4.33. The maximum Gasteiger partial charge on any atom is 0 e. The summed E-state index contributed by atoms with van der Waals surface area (Å²) in [4.78, 5) is 0. The van der Waals surface area contributed by atoms with Crippen LogP contribution in [0, 0.1) is 0 Å². The molecule has 0 unspecified atom stereocenters. The Bertz CT molecular complexity index is 57.7. The fourth-order valence-corrected chi connectivity index (χ4v) is 0.204. The van der Waals surface area contributed by atoms with Crippen LogP contribution >= 0.6 is 0 Å². The van der Waals surface area contributed by atoms with E-state index in [0.29, 0.717) is 0 Å². The molecule has 0 aromatic heterocycles. The standard InChI is InChI=1S/C5H10.C4H8.V/c1-3-5-4-2;1-3-4-2;/h3H,1,4-5H2,2H3;3H,1,4H2,2H3;. The summed E-state index contributed by atoms with van der Waals surface area (Å²) >= 11 is 0. The Morgan fingerprint density at radius 1 is 1.10 bits per heavy atom. The van der Waals surface area contributed by atoms with E-state index in [0.717, 1.165) is 12.8 Å². The molecule has 0 amide bonds. The fraction of sp³-hybridized carbons (Fsp3) is 0.556. The summed E-state index contributed by atoms with van der Waals surface area (Å²) in [6.45, 7) is 11.2. The number of allylic oxidation sites excluding steroid dienone is 2. The van der Waals surface area contributed by atoms with Crippen molar-refractivity contribution in [3.8, 4) is 0 Å². The normalized spacial score (nSPS) is 6.20. The van der Waals surface area contributed by atoms with Gasteiger partial charge in [0, 0.05) is 18.6 Å². The number of hydrogen-bond donors (Lipinski definition) is 0. The molecular weight excluding hydrogens is 159 g/mol. The third-order valence-corrected chi connectivity index (χ3v) is 0.781. The van der Waals surface area contributed by atoms with E-state index in [2.05, 4.69) is 27.0 Å². The summed E-state index contributed by atoms with van der Waals surface area (Å²) in [6.07, 6.45) is 7.27. The van der Waals surface area contributed by atoms with Crippen molar-refractivity contribution in [2.24, 2.45) is 0 Å². The van der Waals surface area contributed by atoms with E-state index in [1.54, 1.807) is 0 Å². The summed E-state index contributed by atoms with van der Waals surface area (Å²) in [5, 5.41) is 0. The summed E-state index contributed by atoms with van der Waals surface area (Å²) in [6, 6.07) is 0. The molecule has 0 saturated carbocycles. The molecule has 0 aromatic rings. The second-order valence-electron chi connectivity index (χ2n) is 1.77. The predicted molar refractivity (Wildman–Crippen MR) is 45.6 cm³/mol. The van der Waals surface area contributed by atoms with Gasteiger partial charge in [0.25, 0.3) is 0 Å². The molecule has 0 bridgehead atoms. The molecule has 0 aliphatic carbocycles. The van der Waals surface area contributed by atoms with E-state index in [-0.39, 0.29) is 18.6 Å². The molecule has 0 spiro atoms. The first kappa shape index (κ1) is 16.6. The topological polar surface area (TPSA) is 0 Å². The number of rotatable bonds is 3. The van der Waals surface area contributed by atoms with E-state index in [4.69, 9.17) is 0 Å². The van der Waals surface area contributed by atoms with Gasteiger partial charge < -0.3 is 0 Å². The molecule has 0 aliphatic rings. The van der Waals surface area contributed by atoms with Gasteiger partial charge in [0.05, 0.1) is 0 Å². The van der Waals surface area contributed by atoms with Gasteiger partial charge in [0.15, 0.2) is 0 Å². The summed E-state index contributed by atoms with van der Waals surface area (Å²) in [5.41, 5.74) is 0. The first-order valence-corrected chi connectivity index (χ1v) is 3.55. The van der Waals surface area contributed by atoms with Gasteiger partial charge in [-0.25, -0.2) is 0 Å². The van der Waals surface area contributed by atoms with Gasteiger partial charge in [-0.3, -0.25) is 0 Å². The maximum atomic E-state index is 3.55. The van der Waals surface area contributed by atoms with Gasteiger partial charge in [0.2, 0.25) is 0 Å². The van der Waals surface area contributed by atoms with Gasteiger partial charge in [-0.15, -0.1) is 13.2 Å². The van der Waals surface area contributed by atoms with Crippen molar-refractivity contribution in [2.75, 3.05) is 0 Å². The minimum atomic E-state index is 0. The fourth-order valence-electron chi connectivity index (χ4n) is 0.204. The molecule has 0 N–H and O–H groups in total.